The largest absolute Gasteiger partial charge is 0.337 e. The van der Waals surface area contributed by atoms with Crippen LogP contribution in [-0.2, 0) is 4.79 Å². The van der Waals surface area contributed by atoms with Crippen LogP contribution in [0.5, 0.6) is 0 Å². The summed E-state index contributed by atoms with van der Waals surface area (Å²) in [6.45, 7) is 3.01. The summed E-state index contributed by atoms with van der Waals surface area (Å²) in [5.41, 5.74) is 1.72. The molecule has 1 amide bonds. The summed E-state index contributed by atoms with van der Waals surface area (Å²) < 4.78 is 5.46. The Kier molecular flexibility index (Phi) is 4.88. The van der Waals surface area contributed by atoms with E-state index >= 15 is 0 Å². The Balaban J connectivity index is 1.42. The molecule has 0 unspecified atom stereocenters. The number of aromatic nitrogens is 4. The van der Waals surface area contributed by atoms with Crippen molar-refractivity contribution in [3.05, 3.63) is 54.2 Å². The van der Waals surface area contributed by atoms with E-state index in [1.165, 1.54) is 0 Å². The fourth-order valence-electron chi connectivity index (χ4n) is 3.17. The topological polar surface area (TPSA) is 97.0 Å². The fraction of sp³-hybridized carbons (Fsp3) is 0.316. The predicted molar refractivity (Wildman–Crippen MR) is 98.7 cm³/mol. The Morgan fingerprint density at radius 2 is 2.22 bits per heavy atom. The van der Waals surface area contributed by atoms with E-state index in [-0.39, 0.29) is 18.5 Å². The number of anilines is 1. The second-order valence-electron chi connectivity index (χ2n) is 6.57. The number of aryl methyl sites for hydroxylation is 1. The van der Waals surface area contributed by atoms with E-state index < -0.39 is 0 Å². The van der Waals surface area contributed by atoms with Gasteiger partial charge in [-0.05, 0) is 50.1 Å². The number of pyridine rings is 2. The fourth-order valence-corrected chi connectivity index (χ4v) is 3.17. The van der Waals surface area contributed by atoms with Gasteiger partial charge in [0.2, 0.25) is 17.6 Å². The second-order valence-corrected chi connectivity index (χ2v) is 6.57. The van der Waals surface area contributed by atoms with Crippen molar-refractivity contribution in [2.24, 2.45) is 0 Å². The molecule has 8 nitrogen and oxygen atoms in total. The van der Waals surface area contributed by atoms with Crippen molar-refractivity contribution in [1.29, 1.82) is 0 Å². The molecular weight excluding hydrogens is 344 g/mol. The summed E-state index contributed by atoms with van der Waals surface area (Å²) in [5, 5.41) is 6.87. The summed E-state index contributed by atoms with van der Waals surface area (Å²) in [6.07, 6.45) is 5.27. The standard InChI is InChI=1S/C19H20N6O2/c1-13-7-8-16(21-11-13)22-17(26)12-25-10-4-6-15(25)19-23-18(24-27-19)14-5-2-3-9-20-14/h2-3,5,7-9,11,15H,4,6,10,12H2,1H3,(H,21,22,26)/t15-/m0/s1. The van der Waals surface area contributed by atoms with Crippen molar-refractivity contribution in [3.63, 3.8) is 0 Å². The molecule has 1 saturated heterocycles. The van der Waals surface area contributed by atoms with Crippen LogP contribution in [0.15, 0.2) is 47.2 Å². The molecular formula is C19H20N6O2. The van der Waals surface area contributed by atoms with Gasteiger partial charge in [0.1, 0.15) is 11.5 Å². The molecule has 1 aliphatic rings. The Labute approximate surface area is 156 Å². The van der Waals surface area contributed by atoms with Crippen LogP contribution in [0.25, 0.3) is 11.5 Å². The third kappa shape index (κ3) is 4.01. The molecule has 0 spiro atoms. The molecule has 3 aromatic rings. The zero-order chi connectivity index (χ0) is 18.6. The summed E-state index contributed by atoms with van der Waals surface area (Å²) in [5.74, 6) is 1.43. The second kappa shape index (κ2) is 7.63. The number of carbonyl (C=O) groups is 1. The molecule has 27 heavy (non-hydrogen) atoms. The summed E-state index contributed by atoms with van der Waals surface area (Å²) in [6, 6.07) is 9.20. The van der Waals surface area contributed by atoms with Gasteiger partial charge in [0.05, 0.1) is 12.6 Å². The minimum absolute atomic E-state index is 0.0633. The van der Waals surface area contributed by atoms with E-state index in [4.69, 9.17) is 4.52 Å². The molecule has 4 rings (SSSR count). The number of likely N-dealkylation sites (tertiary alicyclic amines) is 1. The first-order valence-corrected chi connectivity index (χ1v) is 8.90. The lowest BCUT2D eigenvalue weighted by Crippen LogP contribution is -2.33. The van der Waals surface area contributed by atoms with Crippen LogP contribution < -0.4 is 5.32 Å². The third-order valence-electron chi connectivity index (χ3n) is 4.51. The summed E-state index contributed by atoms with van der Waals surface area (Å²) in [4.78, 5) is 27.4. The molecule has 1 atom stereocenters. The highest BCUT2D eigenvalue weighted by Crippen LogP contribution is 2.31. The molecule has 8 heteroatoms. The van der Waals surface area contributed by atoms with Crippen molar-refractivity contribution in [2.75, 3.05) is 18.4 Å². The minimum atomic E-state index is -0.109. The minimum Gasteiger partial charge on any atom is -0.337 e. The van der Waals surface area contributed by atoms with Crippen molar-refractivity contribution < 1.29 is 9.32 Å². The van der Waals surface area contributed by atoms with Gasteiger partial charge in [-0.15, -0.1) is 0 Å². The number of rotatable bonds is 5. The van der Waals surface area contributed by atoms with Gasteiger partial charge < -0.3 is 9.84 Å². The highest BCUT2D eigenvalue weighted by molar-refractivity contribution is 5.91. The van der Waals surface area contributed by atoms with Crippen LogP contribution in [-0.4, -0.2) is 44.0 Å². The molecule has 0 aliphatic carbocycles. The third-order valence-corrected chi connectivity index (χ3v) is 4.51. The first-order valence-electron chi connectivity index (χ1n) is 8.90. The zero-order valence-electron chi connectivity index (χ0n) is 15.0. The van der Waals surface area contributed by atoms with Gasteiger partial charge in [-0.25, -0.2) is 4.98 Å². The lowest BCUT2D eigenvalue weighted by Gasteiger charge is -2.20. The van der Waals surface area contributed by atoms with Gasteiger partial charge in [0.15, 0.2) is 0 Å². The quantitative estimate of drug-likeness (QED) is 0.743. The number of nitrogens with one attached hydrogen (secondary N) is 1. The lowest BCUT2D eigenvalue weighted by atomic mass is 10.2. The van der Waals surface area contributed by atoms with Gasteiger partial charge in [0, 0.05) is 12.4 Å². The Morgan fingerprint density at radius 1 is 1.30 bits per heavy atom. The van der Waals surface area contributed by atoms with Crippen molar-refractivity contribution in [2.45, 2.75) is 25.8 Å². The molecule has 1 aliphatic heterocycles. The van der Waals surface area contributed by atoms with Crippen LogP contribution in [0, 0.1) is 6.92 Å². The Hall–Kier alpha value is -3.13. The maximum Gasteiger partial charge on any atom is 0.244 e. The Bertz CT molecular complexity index is 909. The molecule has 3 aromatic heterocycles. The average Bonchev–Trinajstić information content (AvgIpc) is 3.33. The first-order chi connectivity index (χ1) is 13.2. The van der Waals surface area contributed by atoms with Gasteiger partial charge >= 0.3 is 0 Å². The number of amides is 1. The number of nitrogens with zero attached hydrogens (tertiary/aromatic N) is 5. The molecule has 0 saturated carbocycles. The molecule has 0 bridgehead atoms. The van der Waals surface area contributed by atoms with E-state index in [0.29, 0.717) is 23.2 Å². The summed E-state index contributed by atoms with van der Waals surface area (Å²) >= 11 is 0. The molecule has 0 aromatic carbocycles. The maximum atomic E-state index is 12.4. The molecule has 1 fully saturated rings. The SMILES string of the molecule is Cc1ccc(NC(=O)CN2CCC[C@H]2c2nc(-c3ccccn3)no2)nc1. The zero-order valence-corrected chi connectivity index (χ0v) is 15.0. The van der Waals surface area contributed by atoms with E-state index in [9.17, 15) is 4.79 Å². The van der Waals surface area contributed by atoms with Crippen LogP contribution >= 0.6 is 0 Å². The number of carbonyl (C=O) groups excluding carboxylic acids is 1. The average molecular weight is 364 g/mol. The lowest BCUT2D eigenvalue weighted by molar-refractivity contribution is -0.117. The van der Waals surface area contributed by atoms with Crippen molar-refractivity contribution in [1.82, 2.24) is 25.0 Å². The molecule has 138 valence electrons. The highest BCUT2D eigenvalue weighted by Gasteiger charge is 2.32. The van der Waals surface area contributed by atoms with Gasteiger partial charge in [-0.3, -0.25) is 14.7 Å². The van der Waals surface area contributed by atoms with Crippen molar-refractivity contribution >= 4 is 11.7 Å². The molecule has 4 heterocycles. The van der Waals surface area contributed by atoms with Crippen molar-refractivity contribution in [3.8, 4) is 11.5 Å². The normalized spacial score (nSPS) is 17.1. The van der Waals surface area contributed by atoms with Crippen LogP contribution in [0.3, 0.4) is 0 Å². The maximum absolute atomic E-state index is 12.4. The van der Waals surface area contributed by atoms with Crippen LogP contribution in [0.2, 0.25) is 0 Å². The smallest absolute Gasteiger partial charge is 0.244 e. The summed E-state index contributed by atoms with van der Waals surface area (Å²) in [7, 11) is 0. The van der Waals surface area contributed by atoms with Crippen LogP contribution in [0.1, 0.15) is 30.3 Å². The van der Waals surface area contributed by atoms with E-state index in [0.717, 1.165) is 24.9 Å². The highest BCUT2D eigenvalue weighted by atomic mass is 16.5. The van der Waals surface area contributed by atoms with Gasteiger partial charge in [-0.2, -0.15) is 4.98 Å². The van der Waals surface area contributed by atoms with E-state index in [2.05, 4.69) is 30.3 Å². The molecule has 1 N–H and O–H groups in total. The van der Waals surface area contributed by atoms with E-state index in [1.807, 2.05) is 31.2 Å². The first kappa shape index (κ1) is 17.3. The number of hydrogen-bond donors (Lipinski definition) is 1. The Morgan fingerprint density at radius 3 is 3.00 bits per heavy atom. The number of hydrogen-bond acceptors (Lipinski definition) is 7. The monoisotopic (exact) mass is 364 g/mol. The molecule has 0 radical (unpaired) electrons. The predicted octanol–water partition coefficient (Wildman–Crippen LogP) is 2.61. The van der Waals surface area contributed by atoms with Gasteiger partial charge in [0.25, 0.3) is 0 Å². The van der Waals surface area contributed by atoms with Gasteiger partial charge in [-0.1, -0.05) is 17.3 Å². The van der Waals surface area contributed by atoms with E-state index in [1.54, 1.807) is 18.5 Å². The van der Waals surface area contributed by atoms with Crippen LogP contribution in [0.4, 0.5) is 5.82 Å².